The van der Waals surface area contributed by atoms with Gasteiger partial charge in [-0.05, 0) is 68.4 Å². The van der Waals surface area contributed by atoms with Crippen LogP contribution in [0, 0.1) is 17.3 Å². The summed E-state index contributed by atoms with van der Waals surface area (Å²) in [6.07, 6.45) is 4.52. The van der Waals surface area contributed by atoms with Crippen LogP contribution in [0.1, 0.15) is 63.5 Å². The smallest absolute Gasteiger partial charge is 0.308 e. The molecule has 0 amide bonds. The first-order chi connectivity index (χ1) is 12.8. The monoisotopic (exact) mass is 390 g/mol. The number of Topliss-reactive ketones (excluding diaryl/α,β-unsaturated/α-hetero) is 1. The quantitative estimate of drug-likeness (QED) is 0.428. The second kappa shape index (κ2) is 6.80. The molecule has 3 aliphatic rings. The number of aryl methyl sites for hydroxylation is 1. The van der Waals surface area contributed by atoms with Crippen molar-refractivity contribution in [2.45, 2.75) is 64.2 Å². The lowest BCUT2D eigenvalue weighted by Crippen LogP contribution is -2.42. The van der Waals surface area contributed by atoms with Gasteiger partial charge >= 0.3 is 5.97 Å². The average Bonchev–Trinajstić information content (AvgIpc) is 2.85. The number of esters is 1. The van der Waals surface area contributed by atoms with Crippen LogP contribution in [-0.2, 0) is 16.0 Å². The minimum absolute atomic E-state index is 0.227. The molecule has 0 N–H and O–H groups in total. The van der Waals surface area contributed by atoms with Gasteiger partial charge < -0.3 is 9.47 Å². The van der Waals surface area contributed by atoms with Crippen molar-refractivity contribution < 1.29 is 19.1 Å². The molecule has 1 aromatic carbocycles. The summed E-state index contributed by atoms with van der Waals surface area (Å²) in [7, 11) is 0. The number of fused-ring (bicyclic) bond motifs is 5. The fourth-order valence-corrected chi connectivity index (χ4v) is 6.33. The molecule has 146 valence electrons. The maximum Gasteiger partial charge on any atom is 0.308 e. The molecular formula is C22H27ClO4. The Kier molecular flexibility index (Phi) is 4.74. The van der Waals surface area contributed by atoms with Crippen molar-refractivity contribution in [1.29, 1.82) is 0 Å². The van der Waals surface area contributed by atoms with Crippen molar-refractivity contribution in [3.8, 4) is 11.5 Å². The number of ketones is 1. The number of halogens is 1. The summed E-state index contributed by atoms with van der Waals surface area (Å²) >= 11 is 6.38. The van der Waals surface area contributed by atoms with E-state index >= 15 is 0 Å². The van der Waals surface area contributed by atoms with E-state index in [1.54, 1.807) is 0 Å². The van der Waals surface area contributed by atoms with E-state index in [9.17, 15) is 9.59 Å². The lowest BCUT2D eigenvalue weighted by Gasteiger charge is -2.48. The van der Waals surface area contributed by atoms with E-state index in [2.05, 4.69) is 13.0 Å². The van der Waals surface area contributed by atoms with E-state index in [0.717, 1.165) is 43.4 Å². The van der Waals surface area contributed by atoms with Crippen LogP contribution in [0.25, 0.3) is 0 Å². The van der Waals surface area contributed by atoms with Crippen LogP contribution in [0.5, 0.6) is 11.5 Å². The highest BCUT2D eigenvalue weighted by Crippen LogP contribution is 2.61. The molecule has 0 unspecified atom stereocenters. The van der Waals surface area contributed by atoms with Crippen molar-refractivity contribution in [2.75, 3.05) is 6.61 Å². The van der Waals surface area contributed by atoms with Crippen molar-refractivity contribution >= 4 is 23.4 Å². The minimum atomic E-state index is -0.353. The number of carbonyl (C=O) groups excluding carboxylic acids is 2. The highest BCUT2D eigenvalue weighted by atomic mass is 35.5. The van der Waals surface area contributed by atoms with Gasteiger partial charge in [-0.25, -0.2) is 0 Å². The summed E-state index contributed by atoms with van der Waals surface area (Å²) < 4.78 is 11.3. The van der Waals surface area contributed by atoms with Crippen molar-refractivity contribution in [1.82, 2.24) is 0 Å². The van der Waals surface area contributed by atoms with Crippen LogP contribution >= 0.6 is 11.6 Å². The number of carbonyl (C=O) groups is 2. The van der Waals surface area contributed by atoms with E-state index in [0.29, 0.717) is 30.1 Å². The normalized spacial score (nSPS) is 34.4. The molecule has 4 nitrogen and oxygen atoms in total. The zero-order valence-electron chi connectivity index (χ0n) is 16.2. The number of alkyl halides is 1. The standard InChI is InChI=1S/C22H27ClO4/c1-4-26-14-9-13-5-6-15-16(20(13)19(10-14)27-12(2)24)7-8-22(3)17(15)11-18(23)21(22)25/h9-10,15-18H,4-8,11H2,1-3H3/t15-,16+,17+,18-,22+/m1/s1. The summed E-state index contributed by atoms with van der Waals surface area (Å²) in [5.74, 6) is 2.34. The molecule has 3 aliphatic carbocycles. The Balaban J connectivity index is 1.75. The molecule has 2 fully saturated rings. The van der Waals surface area contributed by atoms with Gasteiger partial charge in [0.1, 0.15) is 11.5 Å². The van der Waals surface area contributed by atoms with Gasteiger partial charge in [-0.2, -0.15) is 0 Å². The molecule has 4 rings (SSSR count). The largest absolute Gasteiger partial charge is 0.494 e. The lowest BCUT2D eigenvalue weighted by atomic mass is 9.55. The first kappa shape index (κ1) is 18.8. The topological polar surface area (TPSA) is 52.6 Å². The maximum absolute atomic E-state index is 12.7. The van der Waals surface area contributed by atoms with E-state index in [-0.39, 0.29) is 22.5 Å². The number of benzene rings is 1. The second-order valence-corrected chi connectivity index (χ2v) is 8.99. The third-order valence-corrected chi connectivity index (χ3v) is 7.40. The van der Waals surface area contributed by atoms with Gasteiger partial charge in [-0.1, -0.05) is 6.92 Å². The summed E-state index contributed by atoms with van der Waals surface area (Å²) in [4.78, 5) is 24.4. The SMILES string of the molecule is CCOc1cc2c(c(OC(C)=O)c1)[C@H]1CC[C@]3(C)C(=O)[C@H](Cl)C[C@H]3[C@@H]1CC2. The number of hydrogen-bond donors (Lipinski definition) is 0. The maximum atomic E-state index is 12.7. The molecular weight excluding hydrogens is 364 g/mol. The minimum Gasteiger partial charge on any atom is -0.494 e. The second-order valence-electron chi connectivity index (χ2n) is 8.46. The predicted octanol–water partition coefficient (Wildman–Crippen LogP) is 4.65. The Bertz CT molecular complexity index is 789. The van der Waals surface area contributed by atoms with Crippen LogP contribution in [-0.4, -0.2) is 23.7 Å². The Hall–Kier alpha value is -1.55. The van der Waals surface area contributed by atoms with Gasteiger partial charge in [0.25, 0.3) is 0 Å². The van der Waals surface area contributed by atoms with E-state index in [1.807, 2.05) is 13.0 Å². The summed E-state index contributed by atoms with van der Waals surface area (Å²) in [5, 5.41) is -0.353. The van der Waals surface area contributed by atoms with Gasteiger partial charge in [-0.15, -0.1) is 11.6 Å². The van der Waals surface area contributed by atoms with Crippen LogP contribution < -0.4 is 9.47 Å². The molecule has 5 heteroatoms. The third-order valence-electron chi connectivity index (χ3n) is 7.02. The van der Waals surface area contributed by atoms with E-state index in [4.69, 9.17) is 21.1 Å². The molecule has 27 heavy (non-hydrogen) atoms. The first-order valence-electron chi connectivity index (χ1n) is 10.0. The average molecular weight is 391 g/mol. The highest BCUT2D eigenvalue weighted by Gasteiger charge is 2.58. The molecule has 2 saturated carbocycles. The molecule has 0 spiro atoms. The predicted molar refractivity (Wildman–Crippen MR) is 104 cm³/mol. The molecule has 0 saturated heterocycles. The highest BCUT2D eigenvalue weighted by molar-refractivity contribution is 6.32. The molecule has 0 radical (unpaired) electrons. The van der Waals surface area contributed by atoms with Crippen molar-refractivity contribution in [3.05, 3.63) is 23.3 Å². The Labute approximate surface area is 165 Å². The number of ether oxygens (including phenoxy) is 2. The fraction of sp³-hybridized carbons (Fsp3) is 0.636. The van der Waals surface area contributed by atoms with Gasteiger partial charge in [0.05, 0.1) is 12.0 Å². The number of rotatable bonds is 3. The van der Waals surface area contributed by atoms with Crippen LogP contribution in [0.4, 0.5) is 0 Å². The summed E-state index contributed by atoms with van der Waals surface area (Å²) in [6.45, 7) is 6.07. The molecule has 0 aromatic heterocycles. The van der Waals surface area contributed by atoms with Gasteiger partial charge in [0.2, 0.25) is 0 Å². The fourth-order valence-electron chi connectivity index (χ4n) is 5.89. The van der Waals surface area contributed by atoms with Crippen LogP contribution in [0.2, 0.25) is 0 Å². The van der Waals surface area contributed by atoms with Crippen LogP contribution in [0.3, 0.4) is 0 Å². The molecule has 0 bridgehead atoms. The summed E-state index contributed by atoms with van der Waals surface area (Å²) in [6, 6.07) is 3.95. The molecule has 0 aliphatic heterocycles. The first-order valence-corrected chi connectivity index (χ1v) is 10.4. The third kappa shape index (κ3) is 2.97. The van der Waals surface area contributed by atoms with Gasteiger partial charge in [0, 0.05) is 24.0 Å². The molecule has 5 atom stereocenters. The van der Waals surface area contributed by atoms with Crippen LogP contribution in [0.15, 0.2) is 12.1 Å². The zero-order valence-corrected chi connectivity index (χ0v) is 17.0. The van der Waals surface area contributed by atoms with E-state index in [1.165, 1.54) is 12.5 Å². The Morgan fingerprint density at radius 3 is 2.81 bits per heavy atom. The zero-order chi connectivity index (χ0) is 19.3. The Morgan fingerprint density at radius 1 is 1.33 bits per heavy atom. The number of hydrogen-bond acceptors (Lipinski definition) is 4. The summed E-state index contributed by atoms with van der Waals surface area (Å²) in [5.41, 5.74) is 2.07. The Morgan fingerprint density at radius 2 is 2.11 bits per heavy atom. The van der Waals surface area contributed by atoms with E-state index < -0.39 is 0 Å². The van der Waals surface area contributed by atoms with Gasteiger partial charge in [-0.3, -0.25) is 9.59 Å². The molecule has 0 heterocycles. The lowest BCUT2D eigenvalue weighted by molar-refractivity contribution is -0.132. The van der Waals surface area contributed by atoms with Crippen molar-refractivity contribution in [3.63, 3.8) is 0 Å². The van der Waals surface area contributed by atoms with Crippen molar-refractivity contribution in [2.24, 2.45) is 17.3 Å². The molecule has 1 aromatic rings. The van der Waals surface area contributed by atoms with Gasteiger partial charge in [0.15, 0.2) is 5.78 Å².